The Kier molecular flexibility index (Phi) is 3.05. The number of aromatic nitrogens is 3. The fraction of sp³-hybridized carbons (Fsp3) is 0.571. The highest BCUT2D eigenvalue weighted by atomic mass is 15.2. The van der Waals surface area contributed by atoms with Crippen LogP contribution < -0.4 is 10.6 Å². The topological polar surface area (TPSA) is 59.5 Å². The third-order valence-corrected chi connectivity index (χ3v) is 4.24. The molecule has 0 aromatic carbocycles. The highest BCUT2D eigenvalue weighted by Gasteiger charge is 2.24. The van der Waals surface area contributed by atoms with E-state index < -0.39 is 0 Å². The SMILES string of the molecule is CC1CCC(N(C)c2nc(N)cn3ccnc23)CC1. The van der Waals surface area contributed by atoms with Gasteiger partial charge in [-0.2, -0.15) is 0 Å². The molecular formula is C14H21N5. The van der Waals surface area contributed by atoms with Gasteiger partial charge in [0.05, 0.1) is 6.20 Å². The summed E-state index contributed by atoms with van der Waals surface area (Å²) in [6, 6.07) is 0.547. The van der Waals surface area contributed by atoms with E-state index >= 15 is 0 Å². The lowest BCUT2D eigenvalue weighted by atomic mass is 9.87. The lowest BCUT2D eigenvalue weighted by Crippen LogP contribution is -2.35. The molecule has 19 heavy (non-hydrogen) atoms. The summed E-state index contributed by atoms with van der Waals surface area (Å²) in [6.45, 7) is 2.34. The lowest BCUT2D eigenvalue weighted by Gasteiger charge is -2.34. The van der Waals surface area contributed by atoms with E-state index in [2.05, 4.69) is 28.8 Å². The van der Waals surface area contributed by atoms with Crippen LogP contribution in [0.1, 0.15) is 32.6 Å². The van der Waals surface area contributed by atoms with Crippen LogP contribution in [0.15, 0.2) is 18.6 Å². The van der Waals surface area contributed by atoms with Gasteiger partial charge in [0.1, 0.15) is 5.82 Å². The lowest BCUT2D eigenvalue weighted by molar-refractivity contribution is 0.340. The van der Waals surface area contributed by atoms with Crippen molar-refractivity contribution >= 4 is 17.3 Å². The Morgan fingerprint density at radius 3 is 2.79 bits per heavy atom. The number of anilines is 2. The highest BCUT2D eigenvalue weighted by molar-refractivity contribution is 5.66. The van der Waals surface area contributed by atoms with Crippen molar-refractivity contribution in [3.8, 4) is 0 Å². The molecule has 2 N–H and O–H groups in total. The molecule has 1 saturated carbocycles. The van der Waals surface area contributed by atoms with Gasteiger partial charge >= 0.3 is 0 Å². The van der Waals surface area contributed by atoms with Crippen molar-refractivity contribution < 1.29 is 0 Å². The standard InChI is InChI=1S/C14H21N5/c1-10-3-5-11(6-4-10)18(2)14-13-16-7-8-19(13)9-12(15)17-14/h7-11H,3-6,15H2,1-2H3. The molecule has 2 heterocycles. The molecule has 5 nitrogen and oxygen atoms in total. The third kappa shape index (κ3) is 2.25. The van der Waals surface area contributed by atoms with E-state index in [1.165, 1.54) is 25.7 Å². The number of nitrogens with two attached hydrogens (primary N) is 1. The second-order valence-corrected chi connectivity index (χ2v) is 5.67. The molecule has 1 aliphatic carbocycles. The Morgan fingerprint density at radius 2 is 2.05 bits per heavy atom. The minimum absolute atomic E-state index is 0.538. The fourth-order valence-corrected chi connectivity index (χ4v) is 2.97. The molecule has 2 aromatic heterocycles. The second kappa shape index (κ2) is 4.72. The van der Waals surface area contributed by atoms with E-state index in [0.717, 1.165) is 17.4 Å². The van der Waals surface area contributed by atoms with Crippen molar-refractivity contribution in [2.75, 3.05) is 17.7 Å². The summed E-state index contributed by atoms with van der Waals surface area (Å²) in [4.78, 5) is 11.1. The van der Waals surface area contributed by atoms with Crippen LogP contribution in [0.4, 0.5) is 11.6 Å². The fourth-order valence-electron chi connectivity index (χ4n) is 2.97. The predicted octanol–water partition coefficient (Wildman–Crippen LogP) is 2.33. The minimum Gasteiger partial charge on any atom is -0.382 e. The van der Waals surface area contributed by atoms with Crippen molar-refractivity contribution in [2.45, 2.75) is 38.6 Å². The molecule has 0 saturated heterocycles. The first-order valence-corrected chi connectivity index (χ1v) is 6.97. The summed E-state index contributed by atoms with van der Waals surface area (Å²) in [7, 11) is 2.11. The van der Waals surface area contributed by atoms with Gasteiger partial charge in [-0.3, -0.25) is 0 Å². The Balaban J connectivity index is 1.92. The first-order chi connectivity index (χ1) is 9.15. The summed E-state index contributed by atoms with van der Waals surface area (Å²) in [5.41, 5.74) is 6.77. The van der Waals surface area contributed by atoms with Crippen LogP contribution >= 0.6 is 0 Å². The van der Waals surface area contributed by atoms with Gasteiger partial charge in [0.2, 0.25) is 0 Å². The Bertz CT molecular complexity index is 568. The van der Waals surface area contributed by atoms with Crippen molar-refractivity contribution in [3.05, 3.63) is 18.6 Å². The number of nitrogens with zero attached hydrogens (tertiary/aromatic N) is 4. The quantitative estimate of drug-likeness (QED) is 0.899. The zero-order chi connectivity index (χ0) is 13.4. The predicted molar refractivity (Wildman–Crippen MR) is 77.2 cm³/mol. The molecule has 1 fully saturated rings. The van der Waals surface area contributed by atoms with Gasteiger partial charge in [-0.05, 0) is 31.6 Å². The van der Waals surface area contributed by atoms with E-state index in [1.54, 1.807) is 6.20 Å². The molecule has 0 spiro atoms. The van der Waals surface area contributed by atoms with Gasteiger partial charge in [0.15, 0.2) is 11.5 Å². The van der Waals surface area contributed by atoms with Crippen molar-refractivity contribution in [1.29, 1.82) is 0 Å². The zero-order valence-electron chi connectivity index (χ0n) is 11.6. The summed E-state index contributed by atoms with van der Waals surface area (Å²) in [5, 5.41) is 0. The van der Waals surface area contributed by atoms with Gasteiger partial charge in [0.25, 0.3) is 0 Å². The van der Waals surface area contributed by atoms with Crippen LogP contribution in [0, 0.1) is 5.92 Å². The number of nitrogen functional groups attached to an aromatic ring is 1. The molecule has 3 rings (SSSR count). The van der Waals surface area contributed by atoms with E-state index in [-0.39, 0.29) is 0 Å². The van der Waals surface area contributed by atoms with E-state index in [1.807, 2.05) is 16.8 Å². The molecule has 2 aromatic rings. The van der Waals surface area contributed by atoms with Gasteiger partial charge in [-0.1, -0.05) is 6.92 Å². The van der Waals surface area contributed by atoms with Crippen LogP contribution in [0.2, 0.25) is 0 Å². The van der Waals surface area contributed by atoms with Crippen LogP contribution in [0.3, 0.4) is 0 Å². The molecule has 0 unspecified atom stereocenters. The summed E-state index contributed by atoms with van der Waals surface area (Å²) in [6.07, 6.45) is 10.5. The van der Waals surface area contributed by atoms with Crippen LogP contribution in [-0.2, 0) is 0 Å². The molecule has 0 radical (unpaired) electrons. The Morgan fingerprint density at radius 1 is 1.32 bits per heavy atom. The minimum atomic E-state index is 0.538. The second-order valence-electron chi connectivity index (χ2n) is 5.67. The Hall–Kier alpha value is -1.78. The van der Waals surface area contributed by atoms with E-state index in [4.69, 9.17) is 5.73 Å². The van der Waals surface area contributed by atoms with Crippen LogP contribution in [0.5, 0.6) is 0 Å². The molecule has 0 bridgehead atoms. The molecule has 0 amide bonds. The molecule has 0 atom stereocenters. The number of rotatable bonds is 2. The van der Waals surface area contributed by atoms with Gasteiger partial charge in [-0.25, -0.2) is 9.97 Å². The molecule has 5 heteroatoms. The number of hydrogen-bond acceptors (Lipinski definition) is 4. The average molecular weight is 259 g/mol. The smallest absolute Gasteiger partial charge is 0.180 e. The monoisotopic (exact) mass is 259 g/mol. The number of imidazole rings is 1. The van der Waals surface area contributed by atoms with E-state index in [0.29, 0.717) is 11.9 Å². The molecule has 0 aliphatic heterocycles. The number of hydrogen-bond donors (Lipinski definition) is 1. The highest BCUT2D eigenvalue weighted by Crippen LogP contribution is 2.30. The summed E-state index contributed by atoms with van der Waals surface area (Å²) < 4.78 is 1.94. The van der Waals surface area contributed by atoms with Gasteiger partial charge < -0.3 is 15.0 Å². The van der Waals surface area contributed by atoms with Crippen molar-refractivity contribution in [2.24, 2.45) is 5.92 Å². The zero-order valence-corrected chi connectivity index (χ0v) is 11.6. The van der Waals surface area contributed by atoms with Crippen molar-refractivity contribution in [3.63, 3.8) is 0 Å². The van der Waals surface area contributed by atoms with E-state index in [9.17, 15) is 0 Å². The normalized spacial score (nSPS) is 23.7. The van der Waals surface area contributed by atoms with Crippen LogP contribution in [0.25, 0.3) is 5.65 Å². The maximum Gasteiger partial charge on any atom is 0.180 e. The molecule has 1 aliphatic rings. The largest absolute Gasteiger partial charge is 0.382 e. The molecular weight excluding hydrogens is 238 g/mol. The first kappa shape index (κ1) is 12.3. The van der Waals surface area contributed by atoms with Crippen molar-refractivity contribution in [1.82, 2.24) is 14.4 Å². The summed E-state index contributed by atoms with van der Waals surface area (Å²) in [5.74, 6) is 2.28. The maximum atomic E-state index is 5.89. The molecule has 102 valence electrons. The van der Waals surface area contributed by atoms with Gasteiger partial charge in [-0.15, -0.1) is 0 Å². The van der Waals surface area contributed by atoms with Gasteiger partial charge in [0, 0.05) is 25.5 Å². The van der Waals surface area contributed by atoms with Crippen LogP contribution in [-0.4, -0.2) is 27.5 Å². The number of fused-ring (bicyclic) bond motifs is 1. The summed E-state index contributed by atoms with van der Waals surface area (Å²) >= 11 is 0. The Labute approximate surface area is 113 Å². The maximum absolute atomic E-state index is 5.89. The third-order valence-electron chi connectivity index (χ3n) is 4.24. The first-order valence-electron chi connectivity index (χ1n) is 6.97. The average Bonchev–Trinajstić information content (AvgIpc) is 2.85.